The second kappa shape index (κ2) is 7.32. The molecular formula is C18H28N2O2S. The number of rotatable bonds is 3. The molecule has 0 saturated carbocycles. The van der Waals surface area contributed by atoms with Crippen LogP contribution < -0.4 is 0 Å². The highest BCUT2D eigenvalue weighted by atomic mass is 32.1. The number of hydrogen-bond acceptors (Lipinski definition) is 4. The summed E-state index contributed by atoms with van der Waals surface area (Å²) in [4.78, 5) is 17.3. The number of piperidine rings is 1. The summed E-state index contributed by atoms with van der Waals surface area (Å²) in [6, 6.07) is 2.59. The Balaban J connectivity index is 1.67. The maximum atomic E-state index is 12.7. The van der Waals surface area contributed by atoms with Crippen molar-refractivity contribution in [2.24, 2.45) is 5.41 Å². The highest BCUT2D eigenvalue weighted by Gasteiger charge is 2.40. The maximum Gasteiger partial charge on any atom is 0.227 e. The molecule has 4 nitrogen and oxygen atoms in total. The van der Waals surface area contributed by atoms with Crippen LogP contribution in [0.25, 0.3) is 0 Å². The predicted molar refractivity (Wildman–Crippen MR) is 93.8 cm³/mol. The number of carbonyl (C=O) groups is 1. The first-order chi connectivity index (χ1) is 11.1. The Hall–Kier alpha value is -0.910. The Kier molecular flexibility index (Phi) is 5.39. The molecule has 0 unspecified atom stereocenters. The third kappa shape index (κ3) is 4.14. The van der Waals surface area contributed by atoms with E-state index in [1.54, 1.807) is 11.3 Å². The van der Waals surface area contributed by atoms with Crippen molar-refractivity contribution in [3.63, 3.8) is 0 Å². The fourth-order valence-corrected chi connectivity index (χ4v) is 4.48. The lowest BCUT2D eigenvalue weighted by Gasteiger charge is -2.44. The van der Waals surface area contributed by atoms with Crippen LogP contribution in [0.15, 0.2) is 16.8 Å². The van der Waals surface area contributed by atoms with Gasteiger partial charge >= 0.3 is 0 Å². The summed E-state index contributed by atoms with van der Waals surface area (Å²) >= 11 is 1.66. The number of carbonyl (C=O) groups excluding carboxylic acids is 1. The summed E-state index contributed by atoms with van der Waals surface area (Å²) in [5.74, 6) is 0.266. The van der Waals surface area contributed by atoms with E-state index < -0.39 is 0 Å². The van der Waals surface area contributed by atoms with Gasteiger partial charge < -0.3 is 9.64 Å². The third-order valence-electron chi connectivity index (χ3n) is 5.15. The number of thiophene rings is 1. The summed E-state index contributed by atoms with van der Waals surface area (Å²) in [7, 11) is 0. The van der Waals surface area contributed by atoms with Crippen LogP contribution in [0.2, 0.25) is 0 Å². The smallest absolute Gasteiger partial charge is 0.227 e. The molecular weight excluding hydrogens is 308 g/mol. The zero-order chi connectivity index (χ0) is 16.3. The second-order valence-corrected chi connectivity index (χ2v) is 8.12. The summed E-state index contributed by atoms with van der Waals surface area (Å²) in [6.45, 7) is 9.89. The summed E-state index contributed by atoms with van der Waals surface area (Å²) in [6.07, 6.45) is 2.79. The van der Waals surface area contributed by atoms with Crippen molar-refractivity contribution in [1.82, 2.24) is 9.80 Å². The van der Waals surface area contributed by atoms with Gasteiger partial charge in [-0.15, -0.1) is 0 Å². The molecule has 0 bridgehead atoms. The Morgan fingerprint density at radius 1 is 1.39 bits per heavy atom. The van der Waals surface area contributed by atoms with Crippen LogP contribution in [0.5, 0.6) is 0 Å². The summed E-state index contributed by atoms with van der Waals surface area (Å²) in [5, 5.41) is 4.12. The maximum absolute atomic E-state index is 12.7. The van der Waals surface area contributed by atoms with Crippen LogP contribution in [0.1, 0.15) is 32.3 Å². The topological polar surface area (TPSA) is 32.8 Å². The highest BCUT2D eigenvalue weighted by molar-refractivity contribution is 7.07. The van der Waals surface area contributed by atoms with Crippen LogP contribution in [-0.4, -0.2) is 61.1 Å². The molecule has 2 aliphatic rings. The van der Waals surface area contributed by atoms with E-state index in [9.17, 15) is 4.79 Å². The van der Waals surface area contributed by atoms with Gasteiger partial charge in [-0.05, 0) is 49.1 Å². The summed E-state index contributed by atoms with van der Waals surface area (Å²) < 4.78 is 5.92. The van der Waals surface area contributed by atoms with Gasteiger partial charge in [-0.25, -0.2) is 0 Å². The van der Waals surface area contributed by atoms with Gasteiger partial charge in [0.2, 0.25) is 5.91 Å². The van der Waals surface area contributed by atoms with Crippen molar-refractivity contribution >= 4 is 17.2 Å². The van der Waals surface area contributed by atoms with Crippen LogP contribution in [0.4, 0.5) is 0 Å². The first-order valence-corrected chi connectivity index (χ1v) is 9.63. The SMILES string of the molecule is CC(C)N1CCOC[C@]2(CCCN(C(=O)Cc3ccsc3)C2)C1. The Morgan fingerprint density at radius 3 is 3.00 bits per heavy atom. The lowest BCUT2D eigenvalue weighted by molar-refractivity contribution is -0.135. The van der Waals surface area contributed by atoms with Gasteiger partial charge in [-0.1, -0.05) is 0 Å². The fourth-order valence-electron chi connectivity index (χ4n) is 3.81. The lowest BCUT2D eigenvalue weighted by atomic mass is 9.79. The largest absolute Gasteiger partial charge is 0.379 e. The molecule has 3 heterocycles. The molecule has 0 aromatic carbocycles. The molecule has 1 aromatic rings. The standard InChI is InChI=1S/C18H28N2O2S/c1-15(2)19-7-8-22-14-18(12-19)5-3-6-20(13-18)17(21)10-16-4-9-23-11-16/h4,9,11,15H,3,5-8,10,12-14H2,1-2H3/t18-/m1/s1. The monoisotopic (exact) mass is 336 g/mol. The van der Waals surface area contributed by atoms with Gasteiger partial charge in [0, 0.05) is 37.6 Å². The van der Waals surface area contributed by atoms with Crippen LogP contribution in [0, 0.1) is 5.41 Å². The van der Waals surface area contributed by atoms with Crippen molar-refractivity contribution in [1.29, 1.82) is 0 Å². The normalized spacial score (nSPS) is 26.7. The van der Waals surface area contributed by atoms with Crippen molar-refractivity contribution in [3.05, 3.63) is 22.4 Å². The Bertz CT molecular complexity index is 517. The van der Waals surface area contributed by atoms with Crippen LogP contribution in [0.3, 0.4) is 0 Å². The molecule has 2 saturated heterocycles. The molecule has 5 heteroatoms. The van der Waals surface area contributed by atoms with Crippen LogP contribution in [-0.2, 0) is 16.0 Å². The van der Waals surface area contributed by atoms with E-state index in [0.717, 1.165) is 51.4 Å². The zero-order valence-corrected chi connectivity index (χ0v) is 15.1. The molecule has 128 valence electrons. The molecule has 1 spiro atoms. The Morgan fingerprint density at radius 2 is 2.26 bits per heavy atom. The minimum Gasteiger partial charge on any atom is -0.379 e. The van der Waals surface area contributed by atoms with E-state index in [1.165, 1.54) is 6.42 Å². The number of amides is 1. The molecule has 1 atom stereocenters. The lowest BCUT2D eigenvalue weighted by Crippen LogP contribution is -2.53. The minimum absolute atomic E-state index is 0.114. The molecule has 0 radical (unpaired) electrons. The molecule has 2 aliphatic heterocycles. The molecule has 2 fully saturated rings. The molecule has 23 heavy (non-hydrogen) atoms. The molecule has 3 rings (SSSR count). The van der Waals surface area contributed by atoms with E-state index in [0.29, 0.717) is 12.5 Å². The van der Waals surface area contributed by atoms with Gasteiger partial charge in [0.05, 0.1) is 19.6 Å². The fraction of sp³-hybridized carbons (Fsp3) is 0.722. The average Bonchev–Trinajstić information content (AvgIpc) is 2.95. The van der Waals surface area contributed by atoms with Gasteiger partial charge in [0.15, 0.2) is 0 Å². The van der Waals surface area contributed by atoms with E-state index in [1.807, 2.05) is 5.38 Å². The Labute approximate surface area is 143 Å². The van der Waals surface area contributed by atoms with Crippen molar-refractivity contribution in [2.45, 2.75) is 39.2 Å². The van der Waals surface area contributed by atoms with Crippen molar-refractivity contribution < 1.29 is 9.53 Å². The van der Waals surface area contributed by atoms with Gasteiger partial charge in [0.1, 0.15) is 0 Å². The van der Waals surface area contributed by atoms with E-state index >= 15 is 0 Å². The van der Waals surface area contributed by atoms with E-state index in [-0.39, 0.29) is 11.3 Å². The molecule has 1 aromatic heterocycles. The molecule has 0 N–H and O–H groups in total. The quantitative estimate of drug-likeness (QED) is 0.851. The first-order valence-electron chi connectivity index (χ1n) is 8.69. The van der Waals surface area contributed by atoms with E-state index in [2.05, 4.69) is 35.1 Å². The number of likely N-dealkylation sites (tertiary alicyclic amines) is 1. The van der Waals surface area contributed by atoms with Gasteiger partial charge in [0.25, 0.3) is 0 Å². The first kappa shape index (κ1) is 16.9. The van der Waals surface area contributed by atoms with E-state index in [4.69, 9.17) is 4.74 Å². The second-order valence-electron chi connectivity index (χ2n) is 7.34. The minimum atomic E-state index is 0.114. The van der Waals surface area contributed by atoms with Crippen molar-refractivity contribution in [2.75, 3.05) is 39.4 Å². The van der Waals surface area contributed by atoms with Crippen LogP contribution >= 0.6 is 11.3 Å². The highest BCUT2D eigenvalue weighted by Crippen LogP contribution is 2.33. The van der Waals surface area contributed by atoms with Crippen molar-refractivity contribution in [3.8, 4) is 0 Å². The number of ether oxygens (including phenoxy) is 1. The average molecular weight is 337 g/mol. The zero-order valence-electron chi connectivity index (χ0n) is 14.3. The van der Waals surface area contributed by atoms with Gasteiger partial charge in [-0.2, -0.15) is 11.3 Å². The molecule has 1 amide bonds. The number of nitrogens with zero attached hydrogens (tertiary/aromatic N) is 2. The predicted octanol–water partition coefficient (Wildman–Crippen LogP) is 2.64. The third-order valence-corrected chi connectivity index (χ3v) is 5.88. The summed E-state index contributed by atoms with van der Waals surface area (Å²) in [5.41, 5.74) is 1.25. The number of hydrogen-bond donors (Lipinski definition) is 0. The van der Waals surface area contributed by atoms with Gasteiger partial charge in [-0.3, -0.25) is 9.69 Å². The molecule has 0 aliphatic carbocycles.